The van der Waals surface area contributed by atoms with Crippen molar-refractivity contribution in [2.45, 2.75) is 32.1 Å². The number of rotatable bonds is 5. The minimum atomic E-state index is -4.35. The second-order valence-electron chi connectivity index (χ2n) is 6.32. The Labute approximate surface area is 151 Å². The smallest absolute Gasteiger partial charge is 0.416 e. The van der Waals surface area contributed by atoms with Gasteiger partial charge in [-0.15, -0.1) is 0 Å². The van der Waals surface area contributed by atoms with Gasteiger partial charge in [-0.3, -0.25) is 4.90 Å². The Morgan fingerprint density at radius 3 is 2.42 bits per heavy atom. The highest BCUT2D eigenvalue weighted by Crippen LogP contribution is 2.32. The van der Waals surface area contributed by atoms with Crippen LogP contribution in [0.3, 0.4) is 0 Å². The molecule has 2 unspecified atom stereocenters. The van der Waals surface area contributed by atoms with Crippen molar-refractivity contribution in [2.24, 2.45) is 0 Å². The number of amides is 1. The highest BCUT2D eigenvalue weighted by Gasteiger charge is 2.34. The van der Waals surface area contributed by atoms with Crippen LogP contribution in [0.4, 0.5) is 18.0 Å². The molecule has 2 rings (SSSR count). The number of methoxy groups -OCH3 is 1. The van der Waals surface area contributed by atoms with Gasteiger partial charge in [0.2, 0.25) is 0 Å². The van der Waals surface area contributed by atoms with Crippen LogP contribution in [-0.4, -0.2) is 61.9 Å². The molecule has 0 aliphatic carbocycles. The molecular formula is C18H25F3N2O3. The van der Waals surface area contributed by atoms with Crippen LogP contribution in [0.1, 0.15) is 31.0 Å². The van der Waals surface area contributed by atoms with E-state index < -0.39 is 11.7 Å². The molecule has 2 atom stereocenters. The summed E-state index contributed by atoms with van der Waals surface area (Å²) in [5.41, 5.74) is 0.0916. The fraction of sp³-hybridized carbons (Fsp3) is 0.611. The van der Waals surface area contributed by atoms with E-state index in [9.17, 15) is 18.0 Å². The number of carbonyl (C=O) groups is 1. The third-order valence-electron chi connectivity index (χ3n) is 4.55. The molecule has 1 fully saturated rings. The van der Waals surface area contributed by atoms with E-state index in [1.54, 1.807) is 18.9 Å². The van der Waals surface area contributed by atoms with Crippen LogP contribution in [0.5, 0.6) is 0 Å². The number of nitrogens with zero attached hydrogens (tertiary/aromatic N) is 2. The number of alkyl halides is 3. The molecule has 8 heteroatoms. The van der Waals surface area contributed by atoms with Gasteiger partial charge in [-0.25, -0.2) is 4.79 Å². The molecule has 0 saturated carbocycles. The molecule has 1 heterocycles. The fourth-order valence-corrected chi connectivity index (χ4v) is 3.25. The first-order chi connectivity index (χ1) is 12.3. The molecule has 1 saturated heterocycles. The van der Waals surface area contributed by atoms with Gasteiger partial charge in [0.25, 0.3) is 0 Å². The van der Waals surface area contributed by atoms with E-state index in [2.05, 4.69) is 4.90 Å². The highest BCUT2D eigenvalue weighted by atomic mass is 19.4. The summed E-state index contributed by atoms with van der Waals surface area (Å²) in [4.78, 5) is 15.7. The Hall–Kier alpha value is -1.80. The average molecular weight is 374 g/mol. The predicted octanol–water partition coefficient (Wildman–Crippen LogP) is 3.56. The van der Waals surface area contributed by atoms with Gasteiger partial charge in [0.15, 0.2) is 0 Å². The summed E-state index contributed by atoms with van der Waals surface area (Å²) in [5, 5.41) is 0. The van der Waals surface area contributed by atoms with E-state index in [1.807, 2.05) is 6.92 Å². The Morgan fingerprint density at radius 2 is 1.92 bits per heavy atom. The van der Waals surface area contributed by atoms with E-state index in [4.69, 9.17) is 9.47 Å². The Balaban J connectivity index is 2.13. The maximum atomic E-state index is 12.8. The summed E-state index contributed by atoms with van der Waals surface area (Å²) in [5.74, 6) is 0. The van der Waals surface area contributed by atoms with E-state index in [-0.39, 0.29) is 18.2 Å². The largest absolute Gasteiger partial charge is 0.450 e. The molecule has 1 aromatic rings. The first-order valence-electron chi connectivity index (χ1n) is 8.61. The molecule has 146 valence electrons. The lowest BCUT2D eigenvalue weighted by molar-refractivity contribution is -0.137. The fourth-order valence-electron chi connectivity index (χ4n) is 3.25. The molecule has 0 spiro atoms. The van der Waals surface area contributed by atoms with Gasteiger partial charge in [-0.1, -0.05) is 12.1 Å². The SMILES string of the molecule is CCOC(=O)N1CCN(C(COC)c2ccc(C(F)(F)F)cc2)C(C)C1. The van der Waals surface area contributed by atoms with Crippen LogP contribution in [0, 0.1) is 0 Å². The lowest BCUT2D eigenvalue weighted by atomic mass is 10.0. The minimum Gasteiger partial charge on any atom is -0.450 e. The second-order valence-corrected chi connectivity index (χ2v) is 6.32. The van der Waals surface area contributed by atoms with Crippen LogP contribution >= 0.6 is 0 Å². The monoisotopic (exact) mass is 374 g/mol. The molecule has 0 bridgehead atoms. The normalized spacial score (nSPS) is 20.1. The van der Waals surface area contributed by atoms with Crippen molar-refractivity contribution in [3.05, 3.63) is 35.4 Å². The van der Waals surface area contributed by atoms with Crippen molar-refractivity contribution in [2.75, 3.05) is 40.0 Å². The summed E-state index contributed by atoms with van der Waals surface area (Å²) in [7, 11) is 1.57. The molecular weight excluding hydrogens is 349 g/mol. The summed E-state index contributed by atoms with van der Waals surface area (Å²) in [6.07, 6.45) is -4.69. The van der Waals surface area contributed by atoms with Gasteiger partial charge in [0, 0.05) is 32.8 Å². The summed E-state index contributed by atoms with van der Waals surface area (Å²) in [6, 6.07) is 5.03. The number of piperazine rings is 1. The highest BCUT2D eigenvalue weighted by molar-refractivity contribution is 5.67. The number of halogens is 3. The van der Waals surface area contributed by atoms with Gasteiger partial charge in [0.1, 0.15) is 0 Å². The first kappa shape index (κ1) is 20.5. The van der Waals surface area contributed by atoms with Crippen molar-refractivity contribution in [3.63, 3.8) is 0 Å². The topological polar surface area (TPSA) is 42.0 Å². The summed E-state index contributed by atoms with van der Waals surface area (Å²) < 4.78 is 48.7. The quantitative estimate of drug-likeness (QED) is 0.790. The number of hydrogen-bond acceptors (Lipinski definition) is 4. The molecule has 26 heavy (non-hydrogen) atoms. The maximum Gasteiger partial charge on any atom is 0.416 e. The number of ether oxygens (including phenoxy) is 2. The molecule has 1 amide bonds. The van der Waals surface area contributed by atoms with E-state index >= 15 is 0 Å². The van der Waals surface area contributed by atoms with E-state index in [1.165, 1.54) is 12.1 Å². The van der Waals surface area contributed by atoms with Crippen molar-refractivity contribution < 1.29 is 27.4 Å². The van der Waals surface area contributed by atoms with Crippen LogP contribution in [0.15, 0.2) is 24.3 Å². The van der Waals surface area contributed by atoms with Crippen LogP contribution in [-0.2, 0) is 15.7 Å². The van der Waals surface area contributed by atoms with Crippen molar-refractivity contribution in [1.82, 2.24) is 9.80 Å². The maximum absolute atomic E-state index is 12.8. The van der Waals surface area contributed by atoms with Crippen molar-refractivity contribution in [3.8, 4) is 0 Å². The van der Waals surface area contributed by atoms with Gasteiger partial charge >= 0.3 is 12.3 Å². The third kappa shape index (κ3) is 4.88. The average Bonchev–Trinajstić information content (AvgIpc) is 2.59. The molecule has 0 radical (unpaired) electrons. The molecule has 1 aliphatic heterocycles. The van der Waals surface area contributed by atoms with Gasteiger partial charge in [-0.05, 0) is 31.5 Å². The lowest BCUT2D eigenvalue weighted by Gasteiger charge is -2.43. The van der Waals surface area contributed by atoms with Gasteiger partial charge in [-0.2, -0.15) is 13.2 Å². The zero-order valence-electron chi connectivity index (χ0n) is 15.3. The van der Waals surface area contributed by atoms with E-state index in [0.29, 0.717) is 32.8 Å². The molecule has 5 nitrogen and oxygen atoms in total. The predicted molar refractivity (Wildman–Crippen MR) is 90.8 cm³/mol. The molecule has 0 aromatic heterocycles. The molecule has 1 aliphatic rings. The zero-order chi connectivity index (χ0) is 19.3. The number of hydrogen-bond donors (Lipinski definition) is 0. The number of carbonyl (C=O) groups excluding carboxylic acids is 1. The second kappa shape index (κ2) is 8.73. The zero-order valence-corrected chi connectivity index (χ0v) is 15.3. The van der Waals surface area contributed by atoms with Crippen LogP contribution in [0.25, 0.3) is 0 Å². The van der Waals surface area contributed by atoms with Crippen LogP contribution < -0.4 is 0 Å². The molecule has 1 aromatic carbocycles. The first-order valence-corrected chi connectivity index (χ1v) is 8.61. The molecule has 0 N–H and O–H groups in total. The van der Waals surface area contributed by atoms with E-state index in [0.717, 1.165) is 17.7 Å². The Kier molecular flexibility index (Phi) is 6.88. The summed E-state index contributed by atoms with van der Waals surface area (Å²) in [6.45, 7) is 6.02. The van der Waals surface area contributed by atoms with Gasteiger partial charge in [0.05, 0.1) is 24.8 Å². The Bertz CT molecular complexity index is 592. The van der Waals surface area contributed by atoms with Crippen LogP contribution in [0.2, 0.25) is 0 Å². The van der Waals surface area contributed by atoms with Crippen molar-refractivity contribution in [1.29, 1.82) is 0 Å². The minimum absolute atomic E-state index is 0.0237. The Morgan fingerprint density at radius 1 is 1.27 bits per heavy atom. The number of benzene rings is 1. The van der Waals surface area contributed by atoms with Crippen molar-refractivity contribution >= 4 is 6.09 Å². The standard InChI is InChI=1S/C18H25F3N2O3/c1-4-26-17(24)22-9-10-23(13(2)11-22)16(12-25-3)14-5-7-15(8-6-14)18(19,20)21/h5-8,13,16H,4,9-12H2,1-3H3. The summed E-state index contributed by atoms with van der Waals surface area (Å²) >= 11 is 0. The van der Waals surface area contributed by atoms with Gasteiger partial charge < -0.3 is 14.4 Å². The lowest BCUT2D eigenvalue weighted by Crippen LogP contribution is -2.55. The third-order valence-corrected chi connectivity index (χ3v) is 4.55.